The number of thioether (sulfide) groups is 1. The van der Waals surface area contributed by atoms with Crippen molar-refractivity contribution in [3.05, 3.63) is 58.6 Å². The number of hydrogen-bond acceptors (Lipinski definition) is 6. The molecule has 0 bridgehead atoms. The van der Waals surface area contributed by atoms with E-state index in [1.165, 1.54) is 40.3 Å². The van der Waals surface area contributed by atoms with E-state index in [0.29, 0.717) is 18.4 Å². The molecule has 164 valence electrons. The summed E-state index contributed by atoms with van der Waals surface area (Å²) in [7, 11) is -3.71. The standard InChI is InChI=1S/C19H17ClF2N4O3S2/c20-13-5-4-12(31(27,28)26-6-8-29-9-7-26)10-16(13)23-19-25-24-17(11-30-19)18-14(21)2-1-3-15(18)22/h1-5,10H,6-9,11H2,(H,23,25). The minimum atomic E-state index is -3.71. The molecule has 12 heteroatoms. The van der Waals surface area contributed by atoms with Gasteiger partial charge >= 0.3 is 0 Å². The summed E-state index contributed by atoms with van der Waals surface area (Å²) in [6.45, 7) is 1.23. The SMILES string of the molecule is O=S(=O)(c1ccc(Cl)c(N=C2NN=C(c3c(F)cccc3F)CS2)c1)N1CCOCC1. The first-order valence-corrected chi connectivity index (χ1v) is 12.0. The maximum atomic E-state index is 14.0. The van der Waals surface area contributed by atoms with Gasteiger partial charge < -0.3 is 4.74 Å². The van der Waals surface area contributed by atoms with Crippen molar-refractivity contribution >= 4 is 50.0 Å². The number of benzene rings is 2. The number of nitrogens with zero attached hydrogens (tertiary/aromatic N) is 3. The zero-order valence-electron chi connectivity index (χ0n) is 16.0. The Labute approximate surface area is 187 Å². The van der Waals surface area contributed by atoms with Crippen molar-refractivity contribution < 1.29 is 21.9 Å². The molecule has 0 radical (unpaired) electrons. The Balaban J connectivity index is 1.58. The highest BCUT2D eigenvalue weighted by Crippen LogP contribution is 2.31. The van der Waals surface area contributed by atoms with Crippen molar-refractivity contribution in [1.29, 1.82) is 0 Å². The largest absolute Gasteiger partial charge is 0.379 e. The monoisotopic (exact) mass is 486 g/mol. The minimum absolute atomic E-state index is 0.0663. The fraction of sp³-hybridized carbons (Fsp3) is 0.263. The number of nitrogens with one attached hydrogen (secondary N) is 1. The lowest BCUT2D eigenvalue weighted by Crippen LogP contribution is -2.40. The molecule has 1 fully saturated rings. The molecule has 0 saturated carbocycles. The Morgan fingerprint density at radius 2 is 1.87 bits per heavy atom. The Morgan fingerprint density at radius 3 is 2.52 bits per heavy atom. The third kappa shape index (κ3) is 4.75. The smallest absolute Gasteiger partial charge is 0.243 e. The van der Waals surface area contributed by atoms with Crippen LogP contribution >= 0.6 is 23.4 Å². The van der Waals surface area contributed by atoms with Gasteiger partial charge in [0.15, 0.2) is 5.17 Å². The van der Waals surface area contributed by atoms with Gasteiger partial charge in [-0.1, -0.05) is 29.4 Å². The van der Waals surface area contributed by atoms with E-state index >= 15 is 0 Å². The number of hydrazone groups is 1. The van der Waals surface area contributed by atoms with Crippen LogP contribution in [0.15, 0.2) is 51.4 Å². The fourth-order valence-electron chi connectivity index (χ4n) is 3.06. The Kier molecular flexibility index (Phi) is 6.58. The van der Waals surface area contributed by atoms with Crippen LogP contribution in [0, 0.1) is 11.6 Å². The molecule has 2 aromatic rings. The quantitative estimate of drug-likeness (QED) is 0.716. The van der Waals surface area contributed by atoms with Crippen molar-refractivity contribution in [2.24, 2.45) is 10.1 Å². The van der Waals surface area contributed by atoms with E-state index in [1.54, 1.807) is 0 Å². The first kappa shape index (κ1) is 22.2. The predicted octanol–water partition coefficient (Wildman–Crippen LogP) is 3.37. The number of rotatable bonds is 4. The summed E-state index contributed by atoms with van der Waals surface area (Å²) >= 11 is 7.38. The van der Waals surface area contributed by atoms with Gasteiger partial charge in [0.05, 0.1) is 40.1 Å². The summed E-state index contributed by atoms with van der Waals surface area (Å²) < 4.78 is 60.2. The number of hydrogen-bond donors (Lipinski definition) is 1. The number of sulfonamides is 1. The van der Waals surface area contributed by atoms with E-state index in [0.717, 1.165) is 12.1 Å². The molecule has 2 heterocycles. The van der Waals surface area contributed by atoms with Crippen molar-refractivity contribution in [2.75, 3.05) is 32.1 Å². The van der Waals surface area contributed by atoms with E-state index < -0.39 is 21.7 Å². The summed E-state index contributed by atoms with van der Waals surface area (Å²) in [6.07, 6.45) is 0. The van der Waals surface area contributed by atoms with Crippen LogP contribution in [-0.4, -0.2) is 55.7 Å². The molecule has 31 heavy (non-hydrogen) atoms. The van der Waals surface area contributed by atoms with Gasteiger partial charge in [0, 0.05) is 18.8 Å². The molecule has 0 unspecified atom stereocenters. The molecule has 0 atom stereocenters. The molecule has 1 N–H and O–H groups in total. The van der Waals surface area contributed by atoms with Crippen LogP contribution in [0.2, 0.25) is 5.02 Å². The normalized spacial score (nSPS) is 19.2. The first-order chi connectivity index (χ1) is 14.9. The zero-order chi connectivity index (χ0) is 22.0. The van der Waals surface area contributed by atoms with Crippen LogP contribution in [0.4, 0.5) is 14.5 Å². The molecule has 0 amide bonds. The predicted molar refractivity (Wildman–Crippen MR) is 117 cm³/mol. The van der Waals surface area contributed by atoms with E-state index in [-0.39, 0.29) is 45.7 Å². The molecule has 0 aliphatic carbocycles. The molecule has 4 rings (SSSR count). The van der Waals surface area contributed by atoms with Gasteiger partial charge in [0.1, 0.15) is 11.6 Å². The number of morpholine rings is 1. The summed E-state index contributed by atoms with van der Waals surface area (Å²) in [5.41, 5.74) is 2.90. The molecular weight excluding hydrogens is 470 g/mol. The Morgan fingerprint density at radius 1 is 1.16 bits per heavy atom. The van der Waals surface area contributed by atoms with Crippen LogP contribution < -0.4 is 5.43 Å². The zero-order valence-corrected chi connectivity index (χ0v) is 18.4. The molecule has 0 spiro atoms. The highest BCUT2D eigenvalue weighted by molar-refractivity contribution is 8.14. The van der Waals surface area contributed by atoms with E-state index in [1.807, 2.05) is 0 Å². The van der Waals surface area contributed by atoms with Gasteiger partial charge in [-0.2, -0.15) is 9.41 Å². The molecule has 2 aliphatic rings. The van der Waals surface area contributed by atoms with Crippen LogP contribution in [0.25, 0.3) is 0 Å². The topological polar surface area (TPSA) is 83.4 Å². The van der Waals surface area contributed by atoms with Crippen molar-refractivity contribution in [1.82, 2.24) is 9.73 Å². The summed E-state index contributed by atoms with van der Waals surface area (Å²) in [6, 6.07) is 7.88. The summed E-state index contributed by atoms with van der Waals surface area (Å²) in [5, 5.41) is 4.60. The second-order valence-corrected chi connectivity index (χ2v) is 9.91. The van der Waals surface area contributed by atoms with Gasteiger partial charge in [0.2, 0.25) is 10.0 Å². The highest BCUT2D eigenvalue weighted by atomic mass is 35.5. The average molecular weight is 487 g/mol. The lowest BCUT2D eigenvalue weighted by Gasteiger charge is -2.26. The Hall–Kier alpha value is -2.05. The molecule has 7 nitrogen and oxygen atoms in total. The second-order valence-electron chi connectivity index (χ2n) is 6.60. The van der Waals surface area contributed by atoms with Crippen molar-refractivity contribution in [3.8, 4) is 0 Å². The lowest BCUT2D eigenvalue weighted by atomic mass is 10.1. The van der Waals surface area contributed by atoms with E-state index in [9.17, 15) is 17.2 Å². The number of halogens is 3. The van der Waals surface area contributed by atoms with E-state index in [4.69, 9.17) is 16.3 Å². The maximum absolute atomic E-state index is 14.0. The molecule has 2 aromatic carbocycles. The third-order valence-electron chi connectivity index (χ3n) is 4.63. The minimum Gasteiger partial charge on any atom is -0.379 e. The third-order valence-corrected chi connectivity index (χ3v) is 7.72. The Bertz CT molecular complexity index is 1150. The molecular formula is C19H17ClF2N4O3S2. The highest BCUT2D eigenvalue weighted by Gasteiger charge is 2.27. The number of aliphatic imine (C=N–C) groups is 1. The van der Waals surface area contributed by atoms with Crippen LogP contribution in [-0.2, 0) is 14.8 Å². The lowest BCUT2D eigenvalue weighted by molar-refractivity contribution is 0.0730. The summed E-state index contributed by atoms with van der Waals surface area (Å²) in [4.78, 5) is 4.41. The first-order valence-electron chi connectivity index (χ1n) is 9.22. The van der Waals surface area contributed by atoms with Gasteiger partial charge in [-0.25, -0.2) is 22.2 Å². The molecule has 0 aromatic heterocycles. The number of amidine groups is 1. The van der Waals surface area contributed by atoms with Gasteiger partial charge in [-0.3, -0.25) is 5.43 Å². The number of ether oxygens (including phenoxy) is 1. The van der Waals surface area contributed by atoms with E-state index in [2.05, 4.69) is 15.5 Å². The van der Waals surface area contributed by atoms with Gasteiger partial charge in [-0.05, 0) is 30.3 Å². The van der Waals surface area contributed by atoms with Crippen molar-refractivity contribution in [2.45, 2.75) is 4.90 Å². The second kappa shape index (κ2) is 9.21. The molecule has 2 aliphatic heterocycles. The van der Waals surface area contributed by atoms with Crippen molar-refractivity contribution in [3.63, 3.8) is 0 Å². The maximum Gasteiger partial charge on any atom is 0.243 e. The fourth-order valence-corrected chi connectivity index (χ4v) is 5.40. The average Bonchev–Trinajstić information content (AvgIpc) is 2.77. The summed E-state index contributed by atoms with van der Waals surface area (Å²) in [5.74, 6) is -1.23. The van der Waals surface area contributed by atoms with Crippen LogP contribution in [0.3, 0.4) is 0 Å². The van der Waals surface area contributed by atoms with Crippen LogP contribution in [0.5, 0.6) is 0 Å². The van der Waals surface area contributed by atoms with Crippen LogP contribution in [0.1, 0.15) is 5.56 Å². The van der Waals surface area contributed by atoms with Gasteiger partial charge in [0.25, 0.3) is 0 Å². The van der Waals surface area contributed by atoms with Gasteiger partial charge in [-0.15, -0.1) is 0 Å². The molecule has 1 saturated heterocycles.